The summed E-state index contributed by atoms with van der Waals surface area (Å²) < 4.78 is 13.1. The first-order valence-electron chi connectivity index (χ1n) is 11.5. The highest BCUT2D eigenvalue weighted by Crippen LogP contribution is 2.24. The Morgan fingerprint density at radius 2 is 1.62 bits per heavy atom. The Kier molecular flexibility index (Phi) is 8.95. The minimum Gasteiger partial charge on any atom is -0.492 e. The van der Waals surface area contributed by atoms with Gasteiger partial charge in [0.25, 0.3) is 0 Å². The van der Waals surface area contributed by atoms with Crippen molar-refractivity contribution in [1.29, 1.82) is 0 Å². The Labute approximate surface area is 204 Å². The van der Waals surface area contributed by atoms with Gasteiger partial charge in [-0.3, -0.25) is 14.3 Å². The van der Waals surface area contributed by atoms with E-state index >= 15 is 0 Å². The fourth-order valence-electron chi connectivity index (χ4n) is 3.83. The van der Waals surface area contributed by atoms with Gasteiger partial charge >= 0.3 is 0 Å². The number of nitrogens with zero attached hydrogens (tertiary/aromatic N) is 5. The maximum Gasteiger partial charge on any atom is 0.233 e. The average Bonchev–Trinajstić information content (AvgIpc) is 3.30. The lowest BCUT2D eigenvalue weighted by Gasteiger charge is -2.34. The summed E-state index contributed by atoms with van der Waals surface area (Å²) in [4.78, 5) is 17.1. The van der Waals surface area contributed by atoms with Crippen LogP contribution in [-0.4, -0.2) is 89.3 Å². The molecule has 0 unspecified atom stereocenters. The topological polar surface area (TPSA) is 72.7 Å². The summed E-state index contributed by atoms with van der Waals surface area (Å²) in [5.41, 5.74) is 0.997. The van der Waals surface area contributed by atoms with Crippen LogP contribution in [0.25, 0.3) is 11.4 Å². The number of para-hydroxylation sites is 1. The largest absolute Gasteiger partial charge is 0.492 e. The molecule has 1 aromatic heterocycles. The second kappa shape index (κ2) is 12.5. The molecule has 1 fully saturated rings. The fraction of sp³-hybridized carbons (Fsp3) is 0.400. The number of benzene rings is 2. The number of aromatic nitrogens is 3. The van der Waals surface area contributed by atoms with Crippen LogP contribution in [0.5, 0.6) is 5.75 Å². The summed E-state index contributed by atoms with van der Waals surface area (Å²) in [6.07, 6.45) is 0. The number of hydrogen-bond acceptors (Lipinski definition) is 7. The molecule has 0 N–H and O–H groups in total. The molecular formula is C25H31N5O3S. The molecule has 1 amide bonds. The van der Waals surface area contributed by atoms with E-state index in [4.69, 9.17) is 9.47 Å². The Hall–Kier alpha value is -2.88. The third-order valence-corrected chi connectivity index (χ3v) is 6.69. The van der Waals surface area contributed by atoms with Gasteiger partial charge in [-0.15, -0.1) is 10.2 Å². The first kappa shape index (κ1) is 24.3. The second-order valence-corrected chi connectivity index (χ2v) is 8.93. The van der Waals surface area contributed by atoms with Crippen LogP contribution in [0.2, 0.25) is 0 Å². The molecule has 0 aliphatic carbocycles. The third-order valence-electron chi connectivity index (χ3n) is 5.74. The van der Waals surface area contributed by atoms with Gasteiger partial charge in [0.1, 0.15) is 12.4 Å². The zero-order chi connectivity index (χ0) is 23.6. The van der Waals surface area contributed by atoms with Gasteiger partial charge in [0.15, 0.2) is 11.0 Å². The van der Waals surface area contributed by atoms with Gasteiger partial charge in [-0.05, 0) is 12.1 Å². The smallest absolute Gasteiger partial charge is 0.233 e. The number of piperazine rings is 1. The minimum atomic E-state index is 0.132. The minimum absolute atomic E-state index is 0.132. The highest BCUT2D eigenvalue weighted by molar-refractivity contribution is 7.99. The van der Waals surface area contributed by atoms with Crippen molar-refractivity contribution in [3.05, 3.63) is 60.7 Å². The first-order chi connectivity index (χ1) is 16.7. The summed E-state index contributed by atoms with van der Waals surface area (Å²) in [7, 11) is 1.68. The van der Waals surface area contributed by atoms with Crippen molar-refractivity contribution in [2.75, 3.05) is 58.8 Å². The SMILES string of the molecule is COCCn1c(SCC(=O)N2CCN(CCOc3ccccc3)CC2)nnc1-c1ccccc1. The van der Waals surface area contributed by atoms with E-state index in [-0.39, 0.29) is 5.91 Å². The number of carbonyl (C=O) groups is 1. The van der Waals surface area contributed by atoms with Crippen LogP contribution < -0.4 is 4.74 Å². The third kappa shape index (κ3) is 6.59. The molecular weight excluding hydrogens is 450 g/mol. The van der Waals surface area contributed by atoms with Crippen LogP contribution in [0, 0.1) is 0 Å². The highest BCUT2D eigenvalue weighted by atomic mass is 32.2. The van der Waals surface area contributed by atoms with E-state index in [0.717, 1.165) is 55.0 Å². The number of thioether (sulfide) groups is 1. The first-order valence-corrected chi connectivity index (χ1v) is 12.5. The van der Waals surface area contributed by atoms with Crippen LogP contribution in [0.1, 0.15) is 0 Å². The predicted octanol–water partition coefficient (Wildman–Crippen LogP) is 2.91. The van der Waals surface area contributed by atoms with Crippen molar-refractivity contribution in [1.82, 2.24) is 24.6 Å². The fourth-order valence-corrected chi connectivity index (χ4v) is 4.70. The van der Waals surface area contributed by atoms with E-state index in [2.05, 4.69) is 15.1 Å². The Morgan fingerprint density at radius 3 is 2.32 bits per heavy atom. The van der Waals surface area contributed by atoms with E-state index in [1.54, 1.807) is 7.11 Å². The maximum absolute atomic E-state index is 12.9. The predicted molar refractivity (Wildman–Crippen MR) is 133 cm³/mol. The Morgan fingerprint density at radius 1 is 0.912 bits per heavy atom. The van der Waals surface area contributed by atoms with Gasteiger partial charge in [0.2, 0.25) is 5.91 Å². The van der Waals surface area contributed by atoms with Crippen LogP contribution in [0.15, 0.2) is 65.8 Å². The number of methoxy groups -OCH3 is 1. The van der Waals surface area contributed by atoms with Gasteiger partial charge < -0.3 is 14.4 Å². The normalized spacial score (nSPS) is 14.3. The van der Waals surface area contributed by atoms with Crippen LogP contribution in [0.4, 0.5) is 0 Å². The zero-order valence-electron chi connectivity index (χ0n) is 19.5. The molecule has 3 aromatic rings. The average molecular weight is 482 g/mol. The molecule has 2 aromatic carbocycles. The molecule has 0 spiro atoms. The van der Waals surface area contributed by atoms with Crippen LogP contribution in [-0.2, 0) is 16.1 Å². The molecule has 1 saturated heterocycles. The van der Waals surface area contributed by atoms with E-state index in [0.29, 0.717) is 25.5 Å². The van der Waals surface area contributed by atoms with Crippen molar-refractivity contribution in [2.24, 2.45) is 0 Å². The summed E-state index contributed by atoms with van der Waals surface area (Å²) in [6.45, 7) is 5.87. The molecule has 34 heavy (non-hydrogen) atoms. The maximum atomic E-state index is 12.9. The van der Waals surface area contributed by atoms with Crippen molar-refractivity contribution >= 4 is 17.7 Å². The van der Waals surface area contributed by atoms with Crippen LogP contribution in [0.3, 0.4) is 0 Å². The van der Waals surface area contributed by atoms with Gasteiger partial charge in [0, 0.05) is 45.4 Å². The standard InChI is InChI=1S/C25H31N5O3S/c1-32-18-17-30-24(21-8-4-2-5-9-21)26-27-25(30)34-20-23(31)29-14-12-28(13-15-29)16-19-33-22-10-6-3-7-11-22/h2-11H,12-20H2,1H3. The summed E-state index contributed by atoms with van der Waals surface area (Å²) >= 11 is 1.44. The van der Waals surface area contributed by atoms with Gasteiger partial charge in [0.05, 0.1) is 18.9 Å². The molecule has 0 radical (unpaired) electrons. The van der Waals surface area contributed by atoms with Gasteiger partial charge in [-0.2, -0.15) is 0 Å². The number of carbonyl (C=O) groups excluding carboxylic acids is 1. The molecule has 0 saturated carbocycles. The molecule has 8 nitrogen and oxygen atoms in total. The van der Waals surface area contributed by atoms with E-state index in [1.807, 2.05) is 70.1 Å². The van der Waals surface area contributed by atoms with Crippen molar-refractivity contribution in [3.8, 4) is 17.1 Å². The second-order valence-electron chi connectivity index (χ2n) is 7.99. The van der Waals surface area contributed by atoms with Crippen molar-refractivity contribution < 1.29 is 14.3 Å². The number of rotatable bonds is 11. The number of amides is 1. The Balaban J connectivity index is 1.25. The lowest BCUT2D eigenvalue weighted by molar-refractivity contribution is -0.130. The van der Waals surface area contributed by atoms with Crippen molar-refractivity contribution in [2.45, 2.75) is 11.7 Å². The molecule has 9 heteroatoms. The monoisotopic (exact) mass is 481 g/mol. The molecule has 180 valence electrons. The van der Waals surface area contributed by atoms with Gasteiger partial charge in [-0.25, -0.2) is 0 Å². The quantitative estimate of drug-likeness (QED) is 0.390. The number of ether oxygens (including phenoxy) is 2. The van der Waals surface area contributed by atoms with E-state index < -0.39 is 0 Å². The molecule has 2 heterocycles. The molecule has 0 bridgehead atoms. The lowest BCUT2D eigenvalue weighted by atomic mass is 10.2. The summed E-state index contributed by atoms with van der Waals surface area (Å²) in [5.74, 6) is 2.16. The van der Waals surface area contributed by atoms with Crippen molar-refractivity contribution in [3.63, 3.8) is 0 Å². The summed E-state index contributed by atoms with van der Waals surface area (Å²) in [5, 5.41) is 9.48. The highest BCUT2D eigenvalue weighted by Gasteiger charge is 2.22. The van der Waals surface area contributed by atoms with E-state index in [1.165, 1.54) is 11.8 Å². The molecule has 4 rings (SSSR count). The van der Waals surface area contributed by atoms with Gasteiger partial charge in [-0.1, -0.05) is 60.3 Å². The van der Waals surface area contributed by atoms with E-state index in [9.17, 15) is 4.79 Å². The molecule has 0 atom stereocenters. The number of hydrogen-bond donors (Lipinski definition) is 0. The zero-order valence-corrected chi connectivity index (χ0v) is 20.3. The molecule has 1 aliphatic heterocycles. The summed E-state index contributed by atoms with van der Waals surface area (Å²) in [6, 6.07) is 19.8. The van der Waals surface area contributed by atoms with Crippen LogP contribution >= 0.6 is 11.8 Å². The Bertz CT molecular complexity index is 1020. The molecule has 1 aliphatic rings. The lowest BCUT2D eigenvalue weighted by Crippen LogP contribution is -2.50.